The number of benzene rings is 2. The molecular formula is C24H28FN3O5S2. The molecule has 0 radical (unpaired) electrons. The van der Waals surface area contributed by atoms with E-state index < -0.39 is 15.8 Å². The minimum atomic E-state index is -3.73. The van der Waals surface area contributed by atoms with E-state index in [9.17, 15) is 17.6 Å². The van der Waals surface area contributed by atoms with Gasteiger partial charge in [-0.15, -0.1) is 0 Å². The van der Waals surface area contributed by atoms with Crippen LogP contribution in [0.4, 0.5) is 4.39 Å². The molecule has 0 saturated carbocycles. The predicted molar refractivity (Wildman–Crippen MR) is 131 cm³/mol. The van der Waals surface area contributed by atoms with Gasteiger partial charge in [0.1, 0.15) is 11.6 Å². The number of carbonyl (C=O) groups is 1. The number of rotatable bonds is 8. The van der Waals surface area contributed by atoms with Gasteiger partial charge in [-0.05, 0) is 62.2 Å². The van der Waals surface area contributed by atoms with Gasteiger partial charge in [-0.2, -0.15) is 9.30 Å². The van der Waals surface area contributed by atoms with Crippen molar-refractivity contribution < 1.29 is 27.1 Å². The molecule has 8 nitrogen and oxygen atoms in total. The topological polar surface area (TPSA) is 90.2 Å². The standard InChI is InChI=1S/C24H28FN3O5S2/c1-3-33-19-6-9-21-22(16-19)34-24(28(21)14-15-32-2)26-23(29)17-10-12-27(13-11-17)35(30,31)20-7-4-18(25)5-8-20/h4-9,16-17H,3,10-15H2,1-2H3. The molecule has 3 aromatic rings. The van der Waals surface area contributed by atoms with Crippen molar-refractivity contribution in [2.24, 2.45) is 10.9 Å². The van der Waals surface area contributed by atoms with Gasteiger partial charge in [0.2, 0.25) is 10.0 Å². The summed E-state index contributed by atoms with van der Waals surface area (Å²) < 4.78 is 54.0. The smallest absolute Gasteiger partial charge is 0.251 e. The van der Waals surface area contributed by atoms with E-state index in [0.29, 0.717) is 37.4 Å². The molecule has 1 saturated heterocycles. The molecule has 1 aliphatic heterocycles. The van der Waals surface area contributed by atoms with Crippen LogP contribution in [0.5, 0.6) is 5.75 Å². The lowest BCUT2D eigenvalue weighted by atomic mass is 9.98. The van der Waals surface area contributed by atoms with E-state index in [-0.39, 0.29) is 29.8 Å². The number of carbonyl (C=O) groups excluding carboxylic acids is 1. The number of ether oxygens (including phenoxy) is 2. The monoisotopic (exact) mass is 521 g/mol. The van der Waals surface area contributed by atoms with Gasteiger partial charge in [-0.25, -0.2) is 12.8 Å². The summed E-state index contributed by atoms with van der Waals surface area (Å²) >= 11 is 1.41. The van der Waals surface area contributed by atoms with Crippen LogP contribution in [0.25, 0.3) is 10.2 Å². The van der Waals surface area contributed by atoms with Crippen LogP contribution in [0, 0.1) is 11.7 Å². The zero-order chi connectivity index (χ0) is 25.0. The fourth-order valence-electron chi connectivity index (χ4n) is 4.08. The molecule has 0 bridgehead atoms. The van der Waals surface area contributed by atoms with Crippen molar-refractivity contribution in [2.75, 3.05) is 33.4 Å². The Balaban J connectivity index is 1.53. The maximum absolute atomic E-state index is 13.2. The van der Waals surface area contributed by atoms with Crippen LogP contribution < -0.4 is 9.54 Å². The first-order chi connectivity index (χ1) is 16.8. The lowest BCUT2D eigenvalue weighted by molar-refractivity contribution is -0.122. The Morgan fingerprint density at radius 2 is 1.89 bits per heavy atom. The highest BCUT2D eigenvalue weighted by atomic mass is 32.2. The van der Waals surface area contributed by atoms with Crippen molar-refractivity contribution in [3.63, 3.8) is 0 Å². The molecule has 11 heteroatoms. The average molecular weight is 522 g/mol. The number of sulfonamides is 1. The molecule has 0 spiro atoms. The highest BCUT2D eigenvalue weighted by Crippen LogP contribution is 2.26. The number of methoxy groups -OCH3 is 1. The van der Waals surface area contributed by atoms with Gasteiger partial charge in [-0.3, -0.25) is 4.79 Å². The number of piperidine rings is 1. The Hall–Kier alpha value is -2.60. The molecular weight excluding hydrogens is 493 g/mol. The molecule has 1 amide bonds. The minimum absolute atomic E-state index is 0.0456. The van der Waals surface area contributed by atoms with E-state index in [0.717, 1.165) is 28.1 Å². The van der Waals surface area contributed by atoms with Crippen LogP contribution in [0.1, 0.15) is 19.8 Å². The number of halogens is 1. The van der Waals surface area contributed by atoms with Crippen molar-refractivity contribution in [1.82, 2.24) is 8.87 Å². The lowest BCUT2D eigenvalue weighted by Gasteiger charge is -2.29. The molecule has 0 atom stereocenters. The first-order valence-corrected chi connectivity index (χ1v) is 13.7. The number of nitrogens with zero attached hydrogens (tertiary/aromatic N) is 3. The average Bonchev–Trinajstić information content (AvgIpc) is 3.19. The van der Waals surface area contributed by atoms with E-state index in [1.54, 1.807) is 7.11 Å². The first kappa shape index (κ1) is 25.5. The summed E-state index contributed by atoms with van der Waals surface area (Å²) in [4.78, 5) is 18.1. The van der Waals surface area contributed by atoms with Gasteiger partial charge in [0.15, 0.2) is 4.80 Å². The molecule has 2 aromatic carbocycles. The van der Waals surface area contributed by atoms with Crippen molar-refractivity contribution in [1.29, 1.82) is 0 Å². The van der Waals surface area contributed by atoms with Gasteiger partial charge in [0.25, 0.3) is 5.91 Å². The Kier molecular flexibility index (Phi) is 8.00. The number of amides is 1. The zero-order valence-electron chi connectivity index (χ0n) is 19.6. The molecule has 1 fully saturated rings. The number of aromatic nitrogens is 1. The third-order valence-electron chi connectivity index (χ3n) is 5.94. The summed E-state index contributed by atoms with van der Waals surface area (Å²) in [5, 5.41) is 0. The zero-order valence-corrected chi connectivity index (χ0v) is 21.3. The quantitative estimate of drug-likeness (QED) is 0.453. The molecule has 35 heavy (non-hydrogen) atoms. The van der Waals surface area contributed by atoms with Crippen LogP contribution in [-0.4, -0.2) is 56.6 Å². The second kappa shape index (κ2) is 11.0. The Morgan fingerprint density at radius 1 is 1.17 bits per heavy atom. The van der Waals surface area contributed by atoms with Crippen molar-refractivity contribution in [3.8, 4) is 5.75 Å². The minimum Gasteiger partial charge on any atom is -0.494 e. The summed E-state index contributed by atoms with van der Waals surface area (Å²) in [5.41, 5.74) is 0.947. The largest absolute Gasteiger partial charge is 0.494 e. The van der Waals surface area contributed by atoms with E-state index in [4.69, 9.17) is 9.47 Å². The summed E-state index contributed by atoms with van der Waals surface area (Å²) in [7, 11) is -2.11. The SMILES string of the molecule is CCOc1ccc2c(c1)sc(=NC(=O)C1CCN(S(=O)(=O)c3ccc(F)cc3)CC1)n2CCOC. The maximum Gasteiger partial charge on any atom is 0.251 e. The summed E-state index contributed by atoms with van der Waals surface area (Å²) in [6.45, 7) is 3.92. The van der Waals surface area contributed by atoms with E-state index in [1.807, 2.05) is 29.7 Å². The number of hydrogen-bond donors (Lipinski definition) is 0. The second-order valence-electron chi connectivity index (χ2n) is 8.17. The first-order valence-electron chi connectivity index (χ1n) is 11.4. The highest BCUT2D eigenvalue weighted by molar-refractivity contribution is 7.89. The lowest BCUT2D eigenvalue weighted by Crippen LogP contribution is -2.40. The molecule has 1 aliphatic rings. The van der Waals surface area contributed by atoms with Gasteiger partial charge in [-0.1, -0.05) is 11.3 Å². The third kappa shape index (κ3) is 5.64. The number of fused-ring (bicyclic) bond motifs is 1. The summed E-state index contributed by atoms with van der Waals surface area (Å²) in [6.07, 6.45) is 0.750. The number of hydrogen-bond acceptors (Lipinski definition) is 6. The van der Waals surface area contributed by atoms with Crippen LogP contribution in [0.2, 0.25) is 0 Å². The Morgan fingerprint density at radius 3 is 2.54 bits per heavy atom. The maximum atomic E-state index is 13.2. The summed E-state index contributed by atoms with van der Waals surface area (Å²) in [6, 6.07) is 10.6. The van der Waals surface area contributed by atoms with Crippen molar-refractivity contribution in [2.45, 2.75) is 31.2 Å². The fraction of sp³-hybridized carbons (Fsp3) is 0.417. The number of thiazole rings is 1. The van der Waals surface area contributed by atoms with E-state index >= 15 is 0 Å². The normalized spacial score (nSPS) is 16.1. The van der Waals surface area contributed by atoms with Gasteiger partial charge in [0, 0.05) is 32.7 Å². The molecule has 4 rings (SSSR count). The van der Waals surface area contributed by atoms with Gasteiger partial charge >= 0.3 is 0 Å². The summed E-state index contributed by atoms with van der Waals surface area (Å²) in [5.74, 6) is -0.359. The highest BCUT2D eigenvalue weighted by Gasteiger charge is 2.32. The molecule has 0 aliphatic carbocycles. The van der Waals surface area contributed by atoms with Gasteiger partial charge < -0.3 is 14.0 Å². The van der Waals surface area contributed by atoms with Crippen LogP contribution in [-0.2, 0) is 26.1 Å². The van der Waals surface area contributed by atoms with Crippen molar-refractivity contribution >= 4 is 37.5 Å². The molecule has 1 aromatic heterocycles. The molecule has 0 unspecified atom stereocenters. The van der Waals surface area contributed by atoms with E-state index in [1.165, 1.54) is 27.8 Å². The molecule has 188 valence electrons. The molecule has 2 heterocycles. The van der Waals surface area contributed by atoms with Crippen LogP contribution >= 0.6 is 11.3 Å². The van der Waals surface area contributed by atoms with Crippen LogP contribution in [0.3, 0.4) is 0 Å². The Bertz CT molecular complexity index is 1360. The fourth-order valence-corrected chi connectivity index (χ4v) is 6.64. The molecule has 0 N–H and O–H groups in total. The Labute approximate surface area is 207 Å². The second-order valence-corrected chi connectivity index (χ2v) is 11.1. The van der Waals surface area contributed by atoms with Gasteiger partial charge in [0.05, 0.1) is 28.3 Å². The van der Waals surface area contributed by atoms with Crippen molar-refractivity contribution in [3.05, 3.63) is 53.1 Å². The third-order valence-corrected chi connectivity index (χ3v) is 8.90. The predicted octanol–water partition coefficient (Wildman–Crippen LogP) is 3.42. The van der Waals surface area contributed by atoms with Crippen LogP contribution in [0.15, 0.2) is 52.4 Å². The van der Waals surface area contributed by atoms with E-state index in [2.05, 4.69) is 4.99 Å².